The first kappa shape index (κ1) is 122. The predicted octanol–water partition coefficient (Wildman–Crippen LogP) is 18.0. The van der Waals surface area contributed by atoms with Gasteiger partial charge in [-0.05, 0) is 279 Å². The molecule has 25 nitrogen and oxygen atoms in total. The van der Waals surface area contributed by atoms with Gasteiger partial charge in [-0.15, -0.1) is 0 Å². The van der Waals surface area contributed by atoms with E-state index in [1.54, 1.807) is 23.0 Å². The molecule has 0 bridgehead atoms. The number of methoxy groups -OCH3 is 4. The van der Waals surface area contributed by atoms with Gasteiger partial charge in [0.15, 0.2) is 11.6 Å². The number of nitrogens with zero attached hydrogens (tertiary/aromatic N) is 5. The Morgan fingerprint density at radius 3 is 1.29 bits per heavy atom. The van der Waals surface area contributed by atoms with Gasteiger partial charge in [-0.3, -0.25) is 43.4 Å². The van der Waals surface area contributed by atoms with E-state index in [0.717, 1.165) is 162 Å². The molecular weight excluding hydrogens is 2260 g/mol. The van der Waals surface area contributed by atoms with Gasteiger partial charge >= 0.3 is 133 Å². The molecule has 4 heterocycles. The van der Waals surface area contributed by atoms with Crippen LogP contribution < -0.4 is 51.4 Å². The van der Waals surface area contributed by atoms with E-state index >= 15 is 0 Å². The smallest absolute Gasteiger partial charge is 0.870 e. The first-order valence-electron chi connectivity index (χ1n) is 41.4. The Bertz CT molecular complexity index is 5100. The van der Waals surface area contributed by atoms with Gasteiger partial charge in [0, 0.05) is 103 Å². The third-order valence-electron chi connectivity index (χ3n) is 20.7. The zero-order valence-electron chi connectivity index (χ0n) is 76.4. The fourth-order valence-electron chi connectivity index (χ4n) is 14.4. The standard InChI is InChI=1S/2C21H26BrN3O2.C15H15BrO5.C11H11BrO.C8H7Br3.C8H9Br.C7H10O5.C2H6O.Al.BHNS.B.K.HN.H2O/c1-21(2,3)27-20(26)25-10-4-5-18(25)19-23-16-9-7-13-11-15(22)8-6-14(13)12-17(16)24-19;1-21(2,3)27-20(26)25-10-4-5-18(25)19-23-16-9-7-13-6-8-15(22)11-14(13)12-17(16)24-19;1-20-14(18)11-6-8-3-4-10(16)5-9(8)7-12(13(11)17)15(19)21-2;12-10-4-1-8-2-5-11(13)6-3-9(8)7-10;9-4-6-1-2-8(11)3-7(6)5-10;1-6-3-4-8(9)5-7(6)2;1-11-6(9)3-5(8)4-7(10)12-2;1-2-3;;1-2-3;;;;/h2*6,8,11,18H,4-5,7,9-10,12H2,1-3H3,(H,23,24);3-5,11-12H,6-7H2,1-2H3;1,4,7H,2-3,5-6H2;1-3H,4-5H2;3-5H,1-2H3;3-4H2,1-2H3;3H,2H2,1H3;;3H;;;1H;1H2/q;;;;;;;;;;;+1;;/p-1/t2*18-;;;;;;;;;;;;/m00............/s1. The number of thiol groups is 1. The van der Waals surface area contributed by atoms with Gasteiger partial charge in [0.1, 0.15) is 53.3 Å². The fourth-order valence-corrected chi connectivity index (χ4v) is 18.0. The van der Waals surface area contributed by atoms with Crippen LogP contribution in [0.3, 0.4) is 0 Å². The number of fused-ring (bicyclic) bond motifs is 6. The van der Waals surface area contributed by atoms with E-state index in [9.17, 15) is 43.2 Å². The van der Waals surface area contributed by atoms with Crippen LogP contribution in [-0.4, -0.2) is 185 Å². The molecule has 5 N–H and O–H groups in total. The van der Waals surface area contributed by atoms with E-state index in [-0.39, 0.29) is 122 Å². The number of imidazole rings is 2. The number of nitrogens with one attached hydrogen (secondary N) is 3. The van der Waals surface area contributed by atoms with Gasteiger partial charge in [-0.25, -0.2) is 19.6 Å². The first-order valence-corrected chi connectivity index (χ1v) is 49.4. The summed E-state index contributed by atoms with van der Waals surface area (Å²) in [6.07, 6.45) is 11.8. The number of amides is 2. The largest absolute Gasteiger partial charge is 0.870 e. The van der Waals surface area contributed by atoms with E-state index in [2.05, 4.69) is 276 Å². The molecule has 2 aromatic heterocycles. The number of hydrogen-bond acceptors (Lipinski definition) is 22. The van der Waals surface area contributed by atoms with Gasteiger partial charge in [0.2, 0.25) is 0 Å². The number of benzene rings is 6. The molecule has 5 radical (unpaired) electrons. The number of carbonyl (C=O) groups is 9. The molecule has 6 aromatic carbocycles. The van der Waals surface area contributed by atoms with Crippen LogP contribution in [0.2, 0.25) is 0 Å². The number of aryl methyl sites for hydroxylation is 8. The van der Waals surface area contributed by atoms with Crippen LogP contribution in [0.5, 0.6) is 0 Å². The molecule has 699 valence electrons. The number of halogens is 8. The maximum absolute atomic E-state index is 12.6. The molecule has 2 unspecified atom stereocenters. The summed E-state index contributed by atoms with van der Waals surface area (Å²) in [6, 6.07) is 37.4. The second-order valence-corrected chi connectivity index (χ2v) is 39.0. The minimum absolute atomic E-state index is 0. The Kier molecular flexibility index (Phi) is 58.0. The summed E-state index contributed by atoms with van der Waals surface area (Å²) in [5, 5.41) is 9.40. The average molecular weight is 2370 g/mol. The summed E-state index contributed by atoms with van der Waals surface area (Å²) in [6.45, 7) is 19.0. The third-order valence-corrected chi connectivity index (χ3v) is 24.9. The van der Waals surface area contributed by atoms with Crippen LogP contribution in [0, 0.1) is 30.0 Å². The van der Waals surface area contributed by atoms with Crippen molar-refractivity contribution in [2.45, 2.75) is 212 Å². The van der Waals surface area contributed by atoms with Crippen LogP contribution in [0.15, 0.2) is 140 Å². The number of aromatic amines is 2. The second-order valence-electron chi connectivity index (χ2n) is 32.1. The van der Waals surface area contributed by atoms with Crippen molar-refractivity contribution in [2.75, 3.05) is 48.1 Å². The van der Waals surface area contributed by atoms with Crippen LogP contribution in [0.4, 0.5) is 9.59 Å². The Morgan fingerprint density at radius 2 is 0.870 bits per heavy atom. The number of Topliss-reactive ketones (excluding diaryl/α,β-unsaturated/α-hetero) is 3. The van der Waals surface area contributed by atoms with E-state index in [0.29, 0.717) is 18.6 Å². The number of rotatable bonds is 10. The van der Waals surface area contributed by atoms with Gasteiger partial charge in [-0.2, -0.15) is 0 Å². The summed E-state index contributed by atoms with van der Waals surface area (Å²) in [5.74, 6) is -3.23. The molecule has 4 atom stereocenters. The van der Waals surface area contributed by atoms with Gasteiger partial charge in [0.05, 0.1) is 51.9 Å². The Balaban J connectivity index is 0.000000525. The monoisotopic (exact) mass is 2370 g/mol. The molecule has 0 spiro atoms. The molecule has 2 amide bonds. The summed E-state index contributed by atoms with van der Waals surface area (Å²) in [5.41, 5.74) is 18.9. The van der Waals surface area contributed by atoms with E-state index in [4.69, 9.17) is 38.4 Å². The van der Waals surface area contributed by atoms with Crippen LogP contribution in [0.25, 0.3) is 0 Å². The van der Waals surface area contributed by atoms with Crippen molar-refractivity contribution in [1.82, 2.24) is 29.7 Å². The molecule has 14 rings (SSSR count). The zero-order chi connectivity index (χ0) is 95.3. The number of aromatic nitrogens is 4. The quantitative estimate of drug-likeness (QED) is 0.0161. The number of aliphatic hydroxyl groups excluding tert-OH is 1. The SMILES string of the molecule is BrCc1ccc(Br)cc1CBr.CC(C)(C)OC(=O)N1CCC[C@H]1c1nc2c([nH]1)Cc1cc(Br)ccc1CC2.CC(C)(C)OC(=O)N1CCC[C@H]1c1nc2c([nH]1)Cc1ccc(Br)cc1CC2.CCO.COC(=O)C1Cc2ccc(Br)cc2CC(C(=O)OC)C1=O.COC(=O)CC(=O)CC(=O)OC.Cc1ccc(Br)cc1C.O=C1CCc2ccc(Br)cc2CC1.[B].[B]=NS.[K+].[NH]=[Al].[OH-]. The van der Waals surface area contributed by atoms with Crippen LogP contribution in [0.1, 0.15) is 213 Å². The van der Waals surface area contributed by atoms with E-state index in [1.165, 1.54) is 95.5 Å². The minimum atomic E-state index is -0.977. The number of hydrogen-bond donors (Lipinski definition) is 5. The van der Waals surface area contributed by atoms with Crippen molar-refractivity contribution in [3.63, 3.8) is 0 Å². The van der Waals surface area contributed by atoms with E-state index < -0.39 is 58.5 Å². The molecule has 38 heteroatoms. The summed E-state index contributed by atoms with van der Waals surface area (Å²) >= 11 is 32.5. The van der Waals surface area contributed by atoms with E-state index in [1.807, 2.05) is 69.5 Å². The number of alkyl halides is 2. The van der Waals surface area contributed by atoms with Crippen molar-refractivity contribution < 1.29 is 134 Å². The Labute approximate surface area is 896 Å². The number of aliphatic hydroxyl groups is 1. The second kappa shape index (κ2) is 62.2. The predicted molar refractivity (Wildman–Crippen MR) is 536 cm³/mol. The Morgan fingerprint density at radius 1 is 0.519 bits per heavy atom. The summed E-state index contributed by atoms with van der Waals surface area (Å²) < 4.78 is 43.9. The topological polar surface area (TPSA) is 359 Å². The van der Waals surface area contributed by atoms with Crippen molar-refractivity contribution in [1.29, 1.82) is 4.35 Å². The average Bonchev–Trinajstić information content (AvgIpc) is 1.64. The third kappa shape index (κ3) is 41.0. The maximum Gasteiger partial charge on any atom is -0.870 e. The normalized spacial score (nSPS) is 15.6. The van der Waals surface area contributed by atoms with Crippen molar-refractivity contribution >= 4 is 226 Å². The molecule has 131 heavy (non-hydrogen) atoms. The maximum atomic E-state index is 12.6. The summed E-state index contributed by atoms with van der Waals surface area (Å²) in [7, 11) is 9.15. The zero-order valence-corrected chi connectivity index (χ0v) is 94.3. The van der Waals surface area contributed by atoms with Crippen molar-refractivity contribution in [2.24, 2.45) is 16.1 Å². The van der Waals surface area contributed by atoms with Gasteiger partial charge in [0.25, 0.3) is 0 Å². The molecule has 2 aliphatic heterocycles. The summed E-state index contributed by atoms with van der Waals surface area (Å²) in [4.78, 5) is 125. The fraction of sp³-hybridized carbons (Fsp3) is 0.452. The number of H-pyrrole nitrogens is 2. The first-order chi connectivity index (χ1) is 60.7. The number of ketones is 3. The molecule has 2 fully saturated rings. The van der Waals surface area contributed by atoms with Crippen molar-refractivity contribution in [3.05, 3.63) is 237 Å². The molecule has 2 saturated heterocycles. The van der Waals surface area contributed by atoms with Gasteiger partial charge < -0.3 is 49.0 Å². The molecule has 6 aliphatic rings. The number of carbonyl (C=O) groups excluding carboxylic acids is 9. The number of ether oxygens (including phenoxy) is 6. The molecular formula is C93H113AlB2Br8KN8O17S. The van der Waals surface area contributed by atoms with Gasteiger partial charge in [-0.1, -0.05) is 164 Å². The molecule has 0 saturated carbocycles. The number of likely N-dealkylation sites (tertiary alicyclic amines) is 2. The Hall–Kier alpha value is -4.82. The molecule has 4 aliphatic carbocycles. The minimum Gasteiger partial charge on any atom is -0.870 e. The molecule has 8 aromatic rings. The van der Waals surface area contributed by atoms with Crippen molar-refractivity contribution in [3.8, 4) is 0 Å². The van der Waals surface area contributed by atoms with Crippen LogP contribution >= 0.6 is 140 Å². The van der Waals surface area contributed by atoms with Crippen LogP contribution in [-0.2, 0) is 137 Å². The number of esters is 4.